The summed E-state index contributed by atoms with van der Waals surface area (Å²) in [5, 5.41) is 0. The van der Waals surface area contributed by atoms with Gasteiger partial charge in [0.2, 0.25) is 0 Å². The molecule has 4 heteroatoms. The third-order valence-corrected chi connectivity index (χ3v) is 2.09. The van der Waals surface area contributed by atoms with Crippen molar-refractivity contribution in [1.82, 2.24) is 4.98 Å². The lowest BCUT2D eigenvalue weighted by atomic mass is 10.1. The summed E-state index contributed by atoms with van der Waals surface area (Å²) in [5.74, 6) is 0.387. The molecule has 1 aromatic heterocycles. The summed E-state index contributed by atoms with van der Waals surface area (Å²) in [7, 11) is 0. The molecule has 0 saturated heterocycles. The van der Waals surface area contributed by atoms with Gasteiger partial charge in [-0.2, -0.15) is 0 Å². The molecule has 0 aliphatic carbocycles. The third-order valence-electron chi connectivity index (χ3n) is 2.09. The van der Waals surface area contributed by atoms with Crippen LogP contribution in [0.3, 0.4) is 0 Å². The normalized spacial score (nSPS) is 13.2. The third kappa shape index (κ3) is 1.43. The molecule has 1 aromatic rings. The Labute approximate surface area is 81.9 Å². The highest BCUT2D eigenvalue weighted by atomic mass is 16.5. The molecule has 0 aromatic carbocycles. The zero-order valence-electron chi connectivity index (χ0n) is 7.95. The number of pyridine rings is 1. The Balaban J connectivity index is 2.34. The van der Waals surface area contributed by atoms with Crippen molar-refractivity contribution >= 4 is 5.97 Å². The van der Waals surface area contributed by atoms with E-state index in [0.29, 0.717) is 18.9 Å². The Morgan fingerprint density at radius 3 is 3.36 bits per heavy atom. The van der Waals surface area contributed by atoms with Crippen LogP contribution in [0.5, 0.6) is 5.75 Å². The summed E-state index contributed by atoms with van der Waals surface area (Å²) < 4.78 is 10.2. The quantitative estimate of drug-likeness (QED) is 0.662. The maximum Gasteiger partial charge on any atom is 0.357 e. The molecule has 1 aliphatic heterocycles. The summed E-state index contributed by atoms with van der Waals surface area (Å²) in [6, 6.07) is 1.77. The van der Waals surface area contributed by atoms with Crippen LogP contribution in [0.25, 0.3) is 0 Å². The van der Waals surface area contributed by atoms with Gasteiger partial charge in [-0.3, -0.25) is 0 Å². The van der Waals surface area contributed by atoms with Gasteiger partial charge in [-0.15, -0.1) is 0 Å². The molecular formula is C10H11NO3. The number of aromatic nitrogens is 1. The number of esters is 1. The SMILES string of the molecule is CCOC(=O)c1nccc2c1CCO2. The highest BCUT2D eigenvalue weighted by Crippen LogP contribution is 2.26. The van der Waals surface area contributed by atoms with E-state index in [1.165, 1.54) is 0 Å². The molecular weight excluding hydrogens is 182 g/mol. The number of hydrogen-bond acceptors (Lipinski definition) is 4. The van der Waals surface area contributed by atoms with Crippen molar-refractivity contribution in [3.8, 4) is 5.75 Å². The van der Waals surface area contributed by atoms with E-state index in [0.717, 1.165) is 17.7 Å². The summed E-state index contributed by atoms with van der Waals surface area (Å²) in [4.78, 5) is 15.5. The van der Waals surface area contributed by atoms with Crippen LogP contribution in [0, 0.1) is 0 Å². The van der Waals surface area contributed by atoms with Crippen LogP contribution in [-0.2, 0) is 11.2 Å². The highest BCUT2D eigenvalue weighted by molar-refractivity contribution is 5.89. The molecule has 2 heterocycles. The van der Waals surface area contributed by atoms with Gasteiger partial charge < -0.3 is 9.47 Å². The first-order valence-electron chi connectivity index (χ1n) is 4.60. The first-order valence-corrected chi connectivity index (χ1v) is 4.60. The predicted molar refractivity (Wildman–Crippen MR) is 49.4 cm³/mol. The second-order valence-corrected chi connectivity index (χ2v) is 2.96. The summed E-state index contributed by atoms with van der Waals surface area (Å²) in [6.45, 7) is 2.76. The molecule has 0 N–H and O–H groups in total. The molecule has 0 unspecified atom stereocenters. The Hall–Kier alpha value is -1.58. The van der Waals surface area contributed by atoms with E-state index in [1.807, 2.05) is 0 Å². The Bertz CT molecular complexity index is 362. The molecule has 0 saturated carbocycles. The van der Waals surface area contributed by atoms with Crippen LogP contribution in [0.4, 0.5) is 0 Å². The zero-order chi connectivity index (χ0) is 9.97. The van der Waals surface area contributed by atoms with Crippen LogP contribution in [0.15, 0.2) is 12.3 Å². The first-order chi connectivity index (χ1) is 6.83. The number of hydrogen-bond donors (Lipinski definition) is 0. The van der Waals surface area contributed by atoms with Crippen LogP contribution in [-0.4, -0.2) is 24.2 Å². The molecule has 0 amide bonds. The summed E-state index contributed by atoms with van der Waals surface area (Å²) in [5.41, 5.74) is 1.26. The van der Waals surface area contributed by atoms with Gasteiger partial charge in [0.1, 0.15) is 5.75 Å². The van der Waals surface area contributed by atoms with Gasteiger partial charge in [0.15, 0.2) is 5.69 Å². The second-order valence-electron chi connectivity index (χ2n) is 2.96. The molecule has 4 nitrogen and oxygen atoms in total. The van der Waals surface area contributed by atoms with Gasteiger partial charge in [0.05, 0.1) is 13.2 Å². The van der Waals surface area contributed by atoms with E-state index < -0.39 is 0 Å². The second kappa shape index (κ2) is 3.65. The van der Waals surface area contributed by atoms with Gasteiger partial charge in [-0.1, -0.05) is 0 Å². The fourth-order valence-corrected chi connectivity index (χ4v) is 1.49. The highest BCUT2D eigenvalue weighted by Gasteiger charge is 2.21. The van der Waals surface area contributed by atoms with E-state index in [1.54, 1.807) is 19.2 Å². The largest absolute Gasteiger partial charge is 0.493 e. The number of nitrogens with zero attached hydrogens (tertiary/aromatic N) is 1. The Morgan fingerprint density at radius 2 is 2.57 bits per heavy atom. The average molecular weight is 193 g/mol. The van der Waals surface area contributed by atoms with Gasteiger partial charge in [-0.05, 0) is 13.0 Å². The average Bonchev–Trinajstić information content (AvgIpc) is 2.65. The van der Waals surface area contributed by atoms with Crippen LogP contribution >= 0.6 is 0 Å². The topological polar surface area (TPSA) is 48.4 Å². The molecule has 0 bridgehead atoms. The maximum atomic E-state index is 11.5. The fourth-order valence-electron chi connectivity index (χ4n) is 1.49. The summed E-state index contributed by atoms with van der Waals surface area (Å²) in [6.07, 6.45) is 2.30. The van der Waals surface area contributed by atoms with E-state index in [4.69, 9.17) is 9.47 Å². The van der Waals surface area contributed by atoms with Crippen molar-refractivity contribution in [3.63, 3.8) is 0 Å². The molecule has 0 radical (unpaired) electrons. The number of ether oxygens (including phenoxy) is 2. The van der Waals surface area contributed by atoms with Gasteiger partial charge in [0.25, 0.3) is 0 Å². The van der Waals surface area contributed by atoms with Crippen LogP contribution < -0.4 is 4.74 Å². The molecule has 0 spiro atoms. The molecule has 14 heavy (non-hydrogen) atoms. The first kappa shape index (κ1) is 8.99. The van der Waals surface area contributed by atoms with Crippen molar-refractivity contribution in [1.29, 1.82) is 0 Å². The number of rotatable bonds is 2. The Kier molecular flexibility index (Phi) is 2.35. The lowest BCUT2D eigenvalue weighted by Gasteiger charge is -2.04. The predicted octanol–water partition coefficient (Wildman–Crippen LogP) is 1.19. The van der Waals surface area contributed by atoms with Gasteiger partial charge in [-0.25, -0.2) is 9.78 Å². The monoisotopic (exact) mass is 193 g/mol. The van der Waals surface area contributed by atoms with E-state index in [9.17, 15) is 4.79 Å². The fraction of sp³-hybridized carbons (Fsp3) is 0.400. The molecule has 74 valence electrons. The van der Waals surface area contributed by atoms with Crippen LogP contribution in [0.1, 0.15) is 23.0 Å². The Morgan fingerprint density at radius 1 is 1.71 bits per heavy atom. The minimum atomic E-state index is -0.366. The van der Waals surface area contributed by atoms with Gasteiger partial charge in [0, 0.05) is 18.2 Å². The van der Waals surface area contributed by atoms with Crippen molar-refractivity contribution < 1.29 is 14.3 Å². The molecule has 2 rings (SSSR count). The number of carbonyl (C=O) groups is 1. The van der Waals surface area contributed by atoms with Crippen LogP contribution in [0.2, 0.25) is 0 Å². The minimum Gasteiger partial charge on any atom is -0.493 e. The molecule has 1 aliphatic rings. The van der Waals surface area contributed by atoms with Crippen molar-refractivity contribution in [3.05, 3.63) is 23.5 Å². The van der Waals surface area contributed by atoms with Crippen molar-refractivity contribution in [2.24, 2.45) is 0 Å². The number of carbonyl (C=O) groups excluding carboxylic acids is 1. The number of fused-ring (bicyclic) bond motifs is 1. The van der Waals surface area contributed by atoms with Gasteiger partial charge >= 0.3 is 5.97 Å². The lowest BCUT2D eigenvalue weighted by Crippen LogP contribution is -2.09. The maximum absolute atomic E-state index is 11.5. The summed E-state index contributed by atoms with van der Waals surface area (Å²) >= 11 is 0. The van der Waals surface area contributed by atoms with E-state index >= 15 is 0 Å². The molecule has 0 atom stereocenters. The smallest absolute Gasteiger partial charge is 0.357 e. The van der Waals surface area contributed by atoms with Crippen molar-refractivity contribution in [2.75, 3.05) is 13.2 Å². The van der Waals surface area contributed by atoms with Crippen molar-refractivity contribution in [2.45, 2.75) is 13.3 Å². The zero-order valence-corrected chi connectivity index (χ0v) is 7.95. The van der Waals surface area contributed by atoms with E-state index in [-0.39, 0.29) is 5.97 Å². The van der Waals surface area contributed by atoms with E-state index in [2.05, 4.69) is 4.98 Å². The lowest BCUT2D eigenvalue weighted by molar-refractivity contribution is 0.0518. The molecule has 0 fully saturated rings. The standard InChI is InChI=1S/C10H11NO3/c1-2-13-10(12)9-7-4-6-14-8(7)3-5-11-9/h3,5H,2,4,6H2,1H3. The minimum absolute atomic E-state index is 0.366.